The number of rotatable bonds is 9. The van der Waals surface area contributed by atoms with Crippen molar-refractivity contribution in [2.24, 2.45) is 5.92 Å². The van der Waals surface area contributed by atoms with Gasteiger partial charge in [0.1, 0.15) is 5.82 Å². The van der Waals surface area contributed by atoms with E-state index in [1.54, 1.807) is 12.1 Å². The van der Waals surface area contributed by atoms with Crippen molar-refractivity contribution >= 4 is 11.9 Å². The number of nitrogens with one attached hydrogen (secondary N) is 1. The summed E-state index contributed by atoms with van der Waals surface area (Å²) in [7, 11) is 1.30. The molecule has 29 heavy (non-hydrogen) atoms. The summed E-state index contributed by atoms with van der Waals surface area (Å²) in [4.78, 5) is 24.3. The molecule has 0 spiro atoms. The topological polar surface area (TPSA) is 73.2 Å². The standard InChI is InChI=1S/C22H30FN3O3/c1-14(2)13-26-16(4)19(15(3)25-26)10-11-21(27)24-20(12-22(28)29-5)17-6-8-18(23)9-7-17/h6-9,14,20H,10-13H2,1-5H3,(H,24,27). The molecule has 1 aromatic heterocycles. The van der Waals surface area contributed by atoms with Gasteiger partial charge in [0.05, 0.1) is 25.3 Å². The fraction of sp³-hybridized carbons (Fsp3) is 0.500. The van der Waals surface area contributed by atoms with Gasteiger partial charge in [-0.25, -0.2) is 4.39 Å². The average molecular weight is 403 g/mol. The zero-order valence-electron chi connectivity index (χ0n) is 17.8. The highest BCUT2D eigenvalue weighted by molar-refractivity contribution is 5.78. The number of halogens is 1. The third kappa shape index (κ3) is 6.41. The zero-order chi connectivity index (χ0) is 21.6. The summed E-state index contributed by atoms with van der Waals surface area (Å²) in [6.45, 7) is 9.09. The van der Waals surface area contributed by atoms with Crippen molar-refractivity contribution < 1.29 is 18.7 Å². The van der Waals surface area contributed by atoms with Crippen molar-refractivity contribution in [1.82, 2.24) is 15.1 Å². The first kappa shape index (κ1) is 22.6. The first-order chi connectivity index (χ1) is 13.7. The normalized spacial score (nSPS) is 12.1. The molecule has 0 bridgehead atoms. The Morgan fingerprint density at radius 1 is 1.21 bits per heavy atom. The van der Waals surface area contributed by atoms with E-state index in [4.69, 9.17) is 4.74 Å². The predicted octanol–water partition coefficient (Wildman–Crippen LogP) is 3.65. The van der Waals surface area contributed by atoms with Crippen LogP contribution >= 0.6 is 0 Å². The largest absolute Gasteiger partial charge is 0.469 e. The van der Waals surface area contributed by atoms with Crippen molar-refractivity contribution in [3.63, 3.8) is 0 Å². The lowest BCUT2D eigenvalue weighted by Crippen LogP contribution is -2.30. The molecule has 0 saturated carbocycles. The SMILES string of the molecule is COC(=O)CC(NC(=O)CCc1c(C)nn(CC(C)C)c1C)c1ccc(F)cc1. The van der Waals surface area contributed by atoms with Crippen LogP contribution in [0.25, 0.3) is 0 Å². The lowest BCUT2D eigenvalue weighted by atomic mass is 10.0. The highest BCUT2D eigenvalue weighted by Crippen LogP contribution is 2.20. The van der Waals surface area contributed by atoms with Gasteiger partial charge >= 0.3 is 5.97 Å². The summed E-state index contributed by atoms with van der Waals surface area (Å²) in [5.74, 6) is -0.514. The predicted molar refractivity (Wildman–Crippen MR) is 109 cm³/mol. The summed E-state index contributed by atoms with van der Waals surface area (Å²) in [5, 5.41) is 7.46. The lowest BCUT2D eigenvalue weighted by Gasteiger charge is -2.18. The van der Waals surface area contributed by atoms with Crippen molar-refractivity contribution in [3.8, 4) is 0 Å². The molecule has 1 heterocycles. The second-order valence-electron chi connectivity index (χ2n) is 7.68. The molecule has 1 atom stereocenters. The molecule has 0 fully saturated rings. The van der Waals surface area contributed by atoms with Gasteiger partial charge in [-0.1, -0.05) is 26.0 Å². The minimum Gasteiger partial charge on any atom is -0.469 e. The number of nitrogens with zero attached hydrogens (tertiary/aromatic N) is 2. The Labute approximate surface area is 171 Å². The monoisotopic (exact) mass is 403 g/mol. The summed E-state index contributed by atoms with van der Waals surface area (Å²) >= 11 is 0. The third-order valence-electron chi connectivity index (χ3n) is 4.88. The van der Waals surface area contributed by atoms with E-state index < -0.39 is 12.0 Å². The molecular formula is C22H30FN3O3. The van der Waals surface area contributed by atoms with E-state index >= 15 is 0 Å². The molecule has 6 nitrogen and oxygen atoms in total. The molecule has 0 aliphatic carbocycles. The van der Waals surface area contributed by atoms with Gasteiger partial charge in [0.25, 0.3) is 0 Å². The van der Waals surface area contributed by atoms with Crippen LogP contribution < -0.4 is 5.32 Å². The summed E-state index contributed by atoms with van der Waals surface area (Å²) in [5.41, 5.74) is 3.74. The molecular weight excluding hydrogens is 373 g/mol. The van der Waals surface area contributed by atoms with Gasteiger partial charge < -0.3 is 10.1 Å². The second kappa shape index (κ2) is 10.2. The van der Waals surface area contributed by atoms with E-state index in [2.05, 4.69) is 24.3 Å². The zero-order valence-corrected chi connectivity index (χ0v) is 17.8. The van der Waals surface area contributed by atoms with Crippen LogP contribution in [0, 0.1) is 25.6 Å². The van der Waals surface area contributed by atoms with Crippen LogP contribution in [0.1, 0.15) is 55.2 Å². The Bertz CT molecular complexity index is 844. The van der Waals surface area contributed by atoms with Gasteiger partial charge in [-0.2, -0.15) is 5.10 Å². The van der Waals surface area contributed by atoms with E-state index in [0.717, 1.165) is 23.5 Å². The fourth-order valence-electron chi connectivity index (χ4n) is 3.32. The number of hydrogen-bond donors (Lipinski definition) is 1. The maximum atomic E-state index is 13.2. The van der Waals surface area contributed by atoms with Crippen LogP contribution in [0.4, 0.5) is 4.39 Å². The number of aryl methyl sites for hydroxylation is 1. The number of hydrogen-bond acceptors (Lipinski definition) is 4. The van der Waals surface area contributed by atoms with Gasteiger partial charge in [-0.15, -0.1) is 0 Å². The highest BCUT2D eigenvalue weighted by atomic mass is 19.1. The molecule has 7 heteroatoms. The molecule has 1 aromatic carbocycles. The van der Waals surface area contributed by atoms with E-state index in [1.165, 1.54) is 19.2 Å². The second-order valence-corrected chi connectivity index (χ2v) is 7.68. The number of ether oxygens (including phenoxy) is 1. The van der Waals surface area contributed by atoms with E-state index in [9.17, 15) is 14.0 Å². The van der Waals surface area contributed by atoms with Crippen LogP contribution in [0.5, 0.6) is 0 Å². The number of methoxy groups -OCH3 is 1. The minimum absolute atomic E-state index is 0.0156. The highest BCUT2D eigenvalue weighted by Gasteiger charge is 2.20. The van der Waals surface area contributed by atoms with E-state index in [-0.39, 0.29) is 24.6 Å². The molecule has 1 N–H and O–H groups in total. The van der Waals surface area contributed by atoms with Crippen LogP contribution in [0.3, 0.4) is 0 Å². The molecule has 158 valence electrons. The van der Waals surface area contributed by atoms with E-state index in [1.807, 2.05) is 18.5 Å². The number of benzene rings is 1. The smallest absolute Gasteiger partial charge is 0.307 e. The summed E-state index contributed by atoms with van der Waals surface area (Å²) in [6, 6.07) is 5.17. The quantitative estimate of drug-likeness (QED) is 0.649. The Balaban J connectivity index is 2.05. The minimum atomic E-state index is -0.568. The molecule has 1 amide bonds. The van der Waals surface area contributed by atoms with Crippen molar-refractivity contribution in [2.75, 3.05) is 7.11 Å². The Kier molecular flexibility index (Phi) is 7.93. The average Bonchev–Trinajstić information content (AvgIpc) is 2.92. The van der Waals surface area contributed by atoms with Crippen molar-refractivity contribution in [2.45, 2.75) is 59.5 Å². The van der Waals surface area contributed by atoms with Crippen molar-refractivity contribution in [3.05, 3.63) is 52.6 Å². The van der Waals surface area contributed by atoms with Crippen LogP contribution in [0.2, 0.25) is 0 Å². The van der Waals surface area contributed by atoms with Gasteiger partial charge in [-0.05, 0) is 49.4 Å². The number of esters is 1. The first-order valence-corrected chi connectivity index (χ1v) is 9.85. The maximum Gasteiger partial charge on any atom is 0.307 e. The van der Waals surface area contributed by atoms with Gasteiger partial charge in [0.15, 0.2) is 0 Å². The van der Waals surface area contributed by atoms with E-state index in [0.29, 0.717) is 17.9 Å². The van der Waals surface area contributed by atoms with Gasteiger partial charge in [0.2, 0.25) is 5.91 Å². The molecule has 0 saturated heterocycles. The van der Waals surface area contributed by atoms with Crippen LogP contribution in [-0.4, -0.2) is 28.8 Å². The Morgan fingerprint density at radius 3 is 2.45 bits per heavy atom. The fourth-order valence-corrected chi connectivity index (χ4v) is 3.32. The maximum absolute atomic E-state index is 13.2. The van der Waals surface area contributed by atoms with Gasteiger partial charge in [-0.3, -0.25) is 14.3 Å². The summed E-state index contributed by atoms with van der Waals surface area (Å²) < 4.78 is 19.9. The lowest BCUT2D eigenvalue weighted by molar-refractivity contribution is -0.141. The molecule has 0 aliphatic rings. The number of carbonyl (C=O) groups excluding carboxylic acids is 2. The number of aromatic nitrogens is 2. The Morgan fingerprint density at radius 2 is 1.86 bits per heavy atom. The summed E-state index contributed by atoms with van der Waals surface area (Å²) in [6.07, 6.45) is 0.822. The van der Waals surface area contributed by atoms with Crippen LogP contribution in [-0.2, 0) is 27.3 Å². The molecule has 2 rings (SSSR count). The third-order valence-corrected chi connectivity index (χ3v) is 4.88. The number of carbonyl (C=O) groups is 2. The molecule has 0 aliphatic heterocycles. The van der Waals surface area contributed by atoms with Crippen LogP contribution in [0.15, 0.2) is 24.3 Å². The number of amides is 1. The molecule has 2 aromatic rings. The molecule has 1 unspecified atom stereocenters. The molecule has 0 radical (unpaired) electrons. The first-order valence-electron chi connectivity index (χ1n) is 9.85. The Hall–Kier alpha value is -2.70. The van der Waals surface area contributed by atoms with Gasteiger partial charge in [0, 0.05) is 18.7 Å². The van der Waals surface area contributed by atoms with Crippen molar-refractivity contribution in [1.29, 1.82) is 0 Å².